The zero-order valence-corrected chi connectivity index (χ0v) is 20.3. The van der Waals surface area contributed by atoms with Crippen molar-refractivity contribution in [3.05, 3.63) is 59.7 Å². The van der Waals surface area contributed by atoms with E-state index in [0.29, 0.717) is 13.2 Å². The molecule has 0 saturated heterocycles. The van der Waals surface area contributed by atoms with Gasteiger partial charge in [-0.1, -0.05) is 24.3 Å². The first-order chi connectivity index (χ1) is 13.5. The molecule has 6 nitrogen and oxygen atoms in total. The smallest absolute Gasteiger partial charge is 0.193 e. The number of guanidine groups is 1. The van der Waals surface area contributed by atoms with Gasteiger partial charge in [-0.25, -0.2) is 0 Å². The molecule has 2 rings (SSSR count). The minimum Gasteiger partial charge on any atom is -0.497 e. The van der Waals surface area contributed by atoms with Gasteiger partial charge in [-0.3, -0.25) is 4.99 Å². The summed E-state index contributed by atoms with van der Waals surface area (Å²) in [6.45, 7) is 3.02. The highest BCUT2D eigenvalue weighted by Crippen LogP contribution is 2.14. The number of nitrogens with one attached hydrogen (secondary N) is 1. The Morgan fingerprint density at radius 1 is 1.00 bits per heavy atom. The van der Waals surface area contributed by atoms with Gasteiger partial charge in [-0.2, -0.15) is 0 Å². The van der Waals surface area contributed by atoms with Gasteiger partial charge in [-0.15, -0.1) is 24.0 Å². The molecule has 2 aromatic carbocycles. The first-order valence-electron chi connectivity index (χ1n) is 9.43. The Morgan fingerprint density at radius 2 is 1.72 bits per heavy atom. The van der Waals surface area contributed by atoms with Crippen LogP contribution in [0.25, 0.3) is 0 Å². The minimum absolute atomic E-state index is 0. The van der Waals surface area contributed by atoms with E-state index in [1.165, 1.54) is 5.56 Å². The predicted molar refractivity (Wildman–Crippen MR) is 131 cm³/mol. The molecule has 0 aromatic heterocycles. The topological polar surface area (TPSA) is 49.3 Å². The first kappa shape index (κ1) is 25.0. The van der Waals surface area contributed by atoms with E-state index in [-0.39, 0.29) is 24.0 Å². The van der Waals surface area contributed by atoms with Crippen LogP contribution in [-0.2, 0) is 13.1 Å². The third-order valence-corrected chi connectivity index (χ3v) is 4.31. The van der Waals surface area contributed by atoms with Crippen LogP contribution in [0.15, 0.2) is 53.5 Å². The monoisotopic (exact) mass is 512 g/mol. The van der Waals surface area contributed by atoms with Crippen LogP contribution in [-0.4, -0.2) is 64.2 Å². The average Bonchev–Trinajstić information content (AvgIpc) is 2.69. The highest BCUT2D eigenvalue weighted by molar-refractivity contribution is 14.0. The third-order valence-electron chi connectivity index (χ3n) is 4.31. The Morgan fingerprint density at radius 3 is 2.34 bits per heavy atom. The van der Waals surface area contributed by atoms with Gasteiger partial charge >= 0.3 is 0 Å². The molecule has 0 aliphatic heterocycles. The van der Waals surface area contributed by atoms with Gasteiger partial charge in [0.05, 0.1) is 7.11 Å². The molecular formula is C22H33IN4O2. The van der Waals surface area contributed by atoms with Gasteiger partial charge < -0.3 is 24.6 Å². The molecule has 2 aromatic rings. The zero-order chi connectivity index (χ0) is 20.4. The van der Waals surface area contributed by atoms with Crippen LogP contribution in [0.1, 0.15) is 11.1 Å². The number of nitrogens with zero attached hydrogens (tertiary/aromatic N) is 3. The van der Waals surface area contributed by atoms with Crippen LogP contribution >= 0.6 is 24.0 Å². The molecule has 0 bridgehead atoms. The summed E-state index contributed by atoms with van der Waals surface area (Å²) in [5.74, 6) is 2.60. The molecule has 0 amide bonds. The molecule has 0 saturated carbocycles. The van der Waals surface area contributed by atoms with Crippen molar-refractivity contribution >= 4 is 29.9 Å². The Hall–Kier alpha value is -2.00. The molecule has 1 N–H and O–H groups in total. The minimum atomic E-state index is 0. The van der Waals surface area contributed by atoms with Gasteiger partial charge in [0.1, 0.15) is 18.1 Å². The van der Waals surface area contributed by atoms with E-state index < -0.39 is 0 Å². The summed E-state index contributed by atoms with van der Waals surface area (Å²) in [6.07, 6.45) is 0. The zero-order valence-electron chi connectivity index (χ0n) is 18.0. The summed E-state index contributed by atoms with van der Waals surface area (Å²) in [5.41, 5.74) is 2.35. The van der Waals surface area contributed by atoms with Crippen molar-refractivity contribution in [3.63, 3.8) is 0 Å². The standard InChI is InChI=1S/C22H32N4O2.HI/c1-23-22(26(4)17-18-9-11-20(27-5)12-10-18)24-16-19-7-6-8-21(15-19)28-14-13-25(2)3;/h6-12,15H,13-14,16-17H2,1-5H3,(H,23,24);1H. The van der Waals surface area contributed by atoms with E-state index in [1.807, 2.05) is 45.4 Å². The van der Waals surface area contributed by atoms with Crippen molar-refractivity contribution in [2.45, 2.75) is 13.1 Å². The van der Waals surface area contributed by atoms with Gasteiger partial charge in [-0.05, 0) is 49.5 Å². The summed E-state index contributed by atoms with van der Waals surface area (Å²) >= 11 is 0. The fraction of sp³-hybridized carbons (Fsp3) is 0.409. The molecule has 29 heavy (non-hydrogen) atoms. The lowest BCUT2D eigenvalue weighted by Crippen LogP contribution is -2.38. The largest absolute Gasteiger partial charge is 0.497 e. The summed E-state index contributed by atoms with van der Waals surface area (Å²) in [4.78, 5) is 8.60. The third kappa shape index (κ3) is 8.91. The van der Waals surface area contributed by atoms with E-state index in [1.54, 1.807) is 14.2 Å². The van der Waals surface area contributed by atoms with E-state index in [9.17, 15) is 0 Å². The van der Waals surface area contributed by atoms with Crippen LogP contribution in [0, 0.1) is 0 Å². The number of rotatable bonds is 9. The van der Waals surface area contributed by atoms with E-state index in [2.05, 4.69) is 44.4 Å². The van der Waals surface area contributed by atoms with Gasteiger partial charge in [0, 0.05) is 33.7 Å². The summed E-state index contributed by atoms with van der Waals surface area (Å²) in [6, 6.07) is 16.2. The molecule has 0 fully saturated rings. The van der Waals surface area contributed by atoms with Crippen LogP contribution in [0.4, 0.5) is 0 Å². The molecule has 0 aliphatic carbocycles. The predicted octanol–water partition coefficient (Wildman–Crippen LogP) is 3.46. The molecule has 0 spiro atoms. The Kier molecular flexibility index (Phi) is 11.5. The van der Waals surface area contributed by atoms with Crippen molar-refractivity contribution in [1.82, 2.24) is 15.1 Å². The maximum Gasteiger partial charge on any atom is 0.193 e. The van der Waals surface area contributed by atoms with Crippen LogP contribution in [0.3, 0.4) is 0 Å². The van der Waals surface area contributed by atoms with Gasteiger partial charge in [0.25, 0.3) is 0 Å². The number of hydrogen-bond donors (Lipinski definition) is 1. The molecule has 160 valence electrons. The van der Waals surface area contributed by atoms with Crippen LogP contribution in [0.2, 0.25) is 0 Å². The maximum atomic E-state index is 5.82. The van der Waals surface area contributed by atoms with Crippen molar-refractivity contribution in [1.29, 1.82) is 0 Å². The van der Waals surface area contributed by atoms with Gasteiger partial charge in [0.15, 0.2) is 5.96 Å². The van der Waals surface area contributed by atoms with Crippen molar-refractivity contribution in [3.8, 4) is 11.5 Å². The Balaban J connectivity index is 0.00000420. The quantitative estimate of drug-likeness (QED) is 0.317. The highest BCUT2D eigenvalue weighted by Gasteiger charge is 2.07. The number of halogens is 1. The number of ether oxygens (including phenoxy) is 2. The molecule has 0 heterocycles. The molecule has 0 aliphatic rings. The second-order valence-electron chi connectivity index (χ2n) is 6.90. The molecule has 7 heteroatoms. The van der Waals surface area contributed by atoms with E-state index in [4.69, 9.17) is 9.47 Å². The van der Waals surface area contributed by atoms with Crippen LogP contribution in [0.5, 0.6) is 11.5 Å². The lowest BCUT2D eigenvalue weighted by atomic mass is 10.2. The van der Waals surface area contributed by atoms with E-state index in [0.717, 1.165) is 36.1 Å². The summed E-state index contributed by atoms with van der Waals surface area (Å²) < 4.78 is 11.0. The van der Waals surface area contributed by atoms with Crippen molar-refractivity contribution < 1.29 is 9.47 Å². The normalized spacial score (nSPS) is 11.0. The molecule has 0 radical (unpaired) electrons. The second kappa shape index (κ2) is 13.3. The number of aliphatic imine (C=N–C) groups is 1. The SMILES string of the molecule is CN=C(NCc1cccc(OCCN(C)C)c1)N(C)Cc1ccc(OC)cc1.I. The van der Waals surface area contributed by atoms with Crippen LogP contribution < -0.4 is 14.8 Å². The molecule has 0 unspecified atom stereocenters. The second-order valence-corrected chi connectivity index (χ2v) is 6.90. The lowest BCUT2D eigenvalue weighted by molar-refractivity contribution is 0.261. The fourth-order valence-electron chi connectivity index (χ4n) is 2.74. The number of likely N-dealkylation sites (N-methyl/N-ethyl adjacent to an activating group) is 1. The van der Waals surface area contributed by atoms with E-state index >= 15 is 0 Å². The Bertz CT molecular complexity index is 751. The Labute approximate surface area is 191 Å². The average molecular weight is 512 g/mol. The first-order valence-corrected chi connectivity index (χ1v) is 9.43. The van der Waals surface area contributed by atoms with Crippen molar-refractivity contribution in [2.24, 2.45) is 4.99 Å². The van der Waals surface area contributed by atoms with Gasteiger partial charge in [0.2, 0.25) is 0 Å². The van der Waals surface area contributed by atoms with Crippen molar-refractivity contribution in [2.75, 3.05) is 48.5 Å². The maximum absolute atomic E-state index is 5.82. The fourth-order valence-corrected chi connectivity index (χ4v) is 2.74. The summed E-state index contributed by atoms with van der Waals surface area (Å²) in [7, 11) is 9.58. The highest BCUT2D eigenvalue weighted by atomic mass is 127. The summed E-state index contributed by atoms with van der Waals surface area (Å²) in [5, 5.41) is 3.42. The number of benzene rings is 2. The number of hydrogen-bond acceptors (Lipinski definition) is 4. The molecular weight excluding hydrogens is 479 g/mol. The lowest BCUT2D eigenvalue weighted by Gasteiger charge is -2.22. The number of methoxy groups -OCH3 is 1. The molecule has 0 atom stereocenters.